The summed E-state index contributed by atoms with van der Waals surface area (Å²) in [7, 11) is 0. The molecule has 0 fully saturated rings. The Kier molecular flexibility index (Phi) is 46.9. The van der Waals surface area contributed by atoms with Crippen LogP contribution in [0.2, 0.25) is 0 Å². The zero-order valence-corrected chi connectivity index (χ0v) is 29.4. The van der Waals surface area contributed by atoms with Crippen LogP contribution in [0.25, 0.3) is 0 Å². The van der Waals surface area contributed by atoms with Crippen LogP contribution in [0.15, 0.2) is 107 Å². The number of carbonyl (C=O) groups excluding carboxylic acids is 6. The minimum Gasteiger partial charge on any atom is -0.545 e. The molecule has 10 nitrogen and oxygen atoms in total. The van der Waals surface area contributed by atoms with Gasteiger partial charge in [-0.25, -0.2) is 0 Å². The second-order valence-corrected chi connectivity index (χ2v) is 7.31. The van der Waals surface area contributed by atoms with E-state index in [1.54, 1.807) is 36.7 Å². The Morgan fingerprint density at radius 3 is 1.02 bits per heavy atom. The predicted molar refractivity (Wildman–Crippen MR) is 174 cm³/mol. The summed E-state index contributed by atoms with van der Waals surface area (Å²) in [4.78, 5) is 55.1. The molecule has 0 aliphatic heterocycles. The predicted octanol–water partition coefficient (Wildman–Crippen LogP) is 5.25. The summed E-state index contributed by atoms with van der Waals surface area (Å²) >= 11 is 0. The van der Waals surface area contributed by atoms with Gasteiger partial charge in [-0.05, 0) is 73.5 Å². The summed E-state index contributed by atoms with van der Waals surface area (Å²) in [6, 6.07) is 30.1. The fourth-order valence-electron chi connectivity index (χ4n) is 2.90. The van der Waals surface area contributed by atoms with Crippen molar-refractivity contribution in [3.63, 3.8) is 0 Å². The first-order chi connectivity index (χ1) is 21.5. The van der Waals surface area contributed by atoms with Gasteiger partial charge in [-0.2, -0.15) is 0 Å². The SMILES string of the molecule is Cc1cccc(N=Cc2ccccc2O)c1.Cc1cccc(N=Cc2ccccc2O)c1.[99Tc].[CH-]=O.[CH-]=O.[CH-]=O.[CH-]=O.[CH-]=O.[CH-]=O.[Re]. The summed E-state index contributed by atoms with van der Waals surface area (Å²) in [5.74, 6) is 0.498. The molecule has 4 aromatic rings. The fraction of sp³-hybridized carbons (Fsp3) is 0.0588. The van der Waals surface area contributed by atoms with Gasteiger partial charge in [0.15, 0.2) is 0 Å². The van der Waals surface area contributed by atoms with Gasteiger partial charge in [0.25, 0.3) is 0 Å². The molecule has 0 unspecified atom stereocenters. The Hall–Kier alpha value is -4.85. The average Bonchev–Trinajstić information content (AvgIpc) is 3.10. The third kappa shape index (κ3) is 25.6. The van der Waals surface area contributed by atoms with E-state index < -0.39 is 0 Å². The summed E-state index contributed by atoms with van der Waals surface area (Å²) in [6.07, 6.45) is 3.34. The minimum atomic E-state index is 0. The maximum atomic E-state index is 9.55. The van der Waals surface area contributed by atoms with Crippen molar-refractivity contribution in [2.24, 2.45) is 9.98 Å². The number of aliphatic imine (C=N–C) groups is 2. The molecule has 0 aliphatic carbocycles. The Balaban J connectivity index is -0.000000127. The molecule has 46 heavy (non-hydrogen) atoms. The second kappa shape index (κ2) is 40.2. The number of para-hydroxylation sites is 2. The van der Waals surface area contributed by atoms with Crippen molar-refractivity contribution in [3.8, 4) is 11.5 Å². The van der Waals surface area contributed by atoms with Gasteiger partial charge in [-0.1, -0.05) is 48.5 Å². The van der Waals surface area contributed by atoms with E-state index in [1.165, 1.54) is 11.1 Å². The van der Waals surface area contributed by atoms with E-state index >= 15 is 0 Å². The van der Waals surface area contributed by atoms with Crippen molar-refractivity contribution in [3.05, 3.63) is 119 Å². The minimum absolute atomic E-state index is 0. The summed E-state index contributed by atoms with van der Waals surface area (Å²) in [5.41, 5.74) is 5.58. The first-order valence-corrected chi connectivity index (χ1v) is 11.7. The van der Waals surface area contributed by atoms with Gasteiger partial charge < -0.3 is 39.0 Å². The van der Waals surface area contributed by atoms with E-state index in [2.05, 4.69) is 50.7 Å². The third-order valence-corrected chi connectivity index (χ3v) is 4.58. The van der Waals surface area contributed by atoms with Crippen molar-refractivity contribution in [2.75, 3.05) is 0 Å². The van der Waals surface area contributed by atoms with E-state index in [0.29, 0.717) is 0 Å². The van der Waals surface area contributed by atoms with Crippen LogP contribution in [0.3, 0.4) is 0 Å². The largest absolute Gasteiger partial charge is 0.545 e. The van der Waals surface area contributed by atoms with Gasteiger partial charge in [-0.3, -0.25) is 50.7 Å². The molecule has 0 saturated carbocycles. The summed E-state index contributed by atoms with van der Waals surface area (Å²) in [6.45, 7) is 23.6. The van der Waals surface area contributed by atoms with Crippen molar-refractivity contribution in [2.45, 2.75) is 13.8 Å². The van der Waals surface area contributed by atoms with Crippen molar-refractivity contribution < 1.29 is 79.5 Å². The Bertz CT molecular complexity index is 1250. The number of hydrogen-bond donors (Lipinski definition) is 2. The molecule has 246 valence electrons. The van der Waals surface area contributed by atoms with Crippen LogP contribution in [0.5, 0.6) is 11.5 Å². The topological polar surface area (TPSA) is 168 Å². The van der Waals surface area contributed by atoms with Crippen molar-refractivity contribution >= 4 is 64.5 Å². The van der Waals surface area contributed by atoms with Crippen LogP contribution >= 0.6 is 0 Å². The Labute approximate surface area is 297 Å². The number of hydrogen-bond acceptors (Lipinski definition) is 10. The molecule has 0 saturated heterocycles. The molecule has 0 aliphatic rings. The molecule has 4 rings (SSSR count). The zero-order valence-electron chi connectivity index (χ0n) is 24.9. The van der Waals surface area contributed by atoms with Crippen LogP contribution < -0.4 is 0 Å². The zero-order chi connectivity index (χ0) is 34.8. The average molecular weight is 882 g/mol. The molecule has 0 bridgehead atoms. The standard InChI is InChI=1S/2C14H13NO.6CHO.Re.Tc/c2*1-11-5-4-7-13(9-11)15-10-12-6-2-3-8-14(12)16;6*1-2;;/h2*2-10,16H,1H3;6*1H;;/q;;6*-1;;/i;;;;;;;;;1+1. The molecule has 0 aromatic heterocycles. The normalized spacial score (nSPS) is 8.04. The summed E-state index contributed by atoms with van der Waals surface area (Å²) < 4.78 is 0. The van der Waals surface area contributed by atoms with Crippen LogP contribution in [0.1, 0.15) is 22.3 Å². The van der Waals surface area contributed by atoms with Crippen LogP contribution in [0, 0.1) is 13.8 Å². The number of nitrogens with zero attached hydrogens (tertiary/aromatic N) is 2. The van der Waals surface area contributed by atoms with Gasteiger partial charge in [0.05, 0.1) is 11.4 Å². The van der Waals surface area contributed by atoms with E-state index in [-0.39, 0.29) is 52.0 Å². The van der Waals surface area contributed by atoms with Crippen LogP contribution in [-0.2, 0) is 69.3 Å². The molecular weight excluding hydrogens is 849 g/mol. The quantitative estimate of drug-likeness (QED) is 0.159. The third-order valence-electron chi connectivity index (χ3n) is 4.58. The molecule has 2 N–H and O–H groups in total. The van der Waals surface area contributed by atoms with E-state index in [0.717, 1.165) is 22.5 Å². The van der Waals surface area contributed by atoms with E-state index in [1.807, 2.05) is 86.6 Å². The number of benzene rings is 4. The summed E-state index contributed by atoms with van der Waals surface area (Å²) in [5, 5.41) is 19.1. The molecule has 2 radical (unpaired) electrons. The fourth-order valence-corrected chi connectivity index (χ4v) is 2.90. The molecule has 0 spiro atoms. The molecule has 0 atom stereocenters. The van der Waals surface area contributed by atoms with Gasteiger partial charge in [0.1, 0.15) is 11.5 Å². The maximum Gasteiger partial charge on any atom is 0.124 e. The van der Waals surface area contributed by atoms with Crippen LogP contribution in [0.4, 0.5) is 11.4 Å². The van der Waals surface area contributed by atoms with Crippen molar-refractivity contribution in [1.82, 2.24) is 0 Å². The Morgan fingerprint density at radius 1 is 0.478 bits per heavy atom. The number of phenolic OH excluding ortho intramolecular Hbond substituents is 2. The molecule has 4 aromatic carbocycles. The van der Waals surface area contributed by atoms with Gasteiger partial charge >= 0.3 is 0 Å². The number of rotatable bonds is 4. The maximum absolute atomic E-state index is 9.55. The van der Waals surface area contributed by atoms with Gasteiger partial charge in [0.2, 0.25) is 0 Å². The first kappa shape index (κ1) is 53.7. The number of aryl methyl sites for hydroxylation is 2. The van der Waals surface area contributed by atoms with Crippen LogP contribution in [-0.4, -0.2) is 63.4 Å². The smallest absolute Gasteiger partial charge is 0.124 e. The number of phenols is 2. The van der Waals surface area contributed by atoms with Crippen molar-refractivity contribution in [1.29, 1.82) is 0 Å². The molecular formula is C34H32N2O8ReTc-6. The molecule has 0 amide bonds. The van der Waals surface area contributed by atoms with Gasteiger partial charge in [0, 0.05) is 64.1 Å². The van der Waals surface area contributed by atoms with E-state index in [4.69, 9.17) is 28.8 Å². The van der Waals surface area contributed by atoms with Gasteiger partial charge in [-0.15, -0.1) is 0 Å². The number of aromatic hydroxyl groups is 2. The second-order valence-electron chi connectivity index (χ2n) is 7.31. The first-order valence-electron chi connectivity index (χ1n) is 11.7. The monoisotopic (exact) mass is 882 g/mol. The molecule has 12 heteroatoms. The molecule has 0 heterocycles. The van der Waals surface area contributed by atoms with E-state index in [9.17, 15) is 10.2 Å². The Morgan fingerprint density at radius 2 is 0.761 bits per heavy atom.